The van der Waals surface area contributed by atoms with Crippen molar-refractivity contribution >= 4 is 0 Å². The minimum atomic E-state index is 0.222. The minimum absolute atomic E-state index is 0.222. The molecule has 0 saturated carbocycles. The molecule has 4 nitrogen and oxygen atoms in total. The number of hydrogen-bond donors (Lipinski definition) is 1. The maximum atomic E-state index is 5.42. The summed E-state index contributed by atoms with van der Waals surface area (Å²) in [5, 5.41) is 3.39. The number of hydrogen-bond acceptors (Lipinski definition) is 4. The number of ether oxygens (including phenoxy) is 1. The summed E-state index contributed by atoms with van der Waals surface area (Å²) in [5.74, 6) is 0. The van der Waals surface area contributed by atoms with Crippen LogP contribution < -0.4 is 5.32 Å². The summed E-state index contributed by atoms with van der Waals surface area (Å²) in [6.07, 6.45) is 1.32. The Balaban J connectivity index is 1.78. The Morgan fingerprint density at radius 3 is 2.59 bits per heavy atom. The molecule has 1 unspecified atom stereocenters. The zero-order chi connectivity index (χ0) is 12.3. The van der Waals surface area contributed by atoms with E-state index in [4.69, 9.17) is 4.74 Å². The lowest BCUT2D eigenvalue weighted by molar-refractivity contribution is 0.0181. The molecular weight excluding hydrogens is 214 g/mol. The number of likely N-dealkylation sites (N-methyl/N-ethyl adjacent to an activating group) is 1. The predicted molar refractivity (Wildman–Crippen MR) is 70.4 cm³/mol. The fourth-order valence-electron chi connectivity index (χ4n) is 2.83. The van der Waals surface area contributed by atoms with Crippen molar-refractivity contribution in [3.05, 3.63) is 0 Å². The van der Waals surface area contributed by atoms with Crippen LogP contribution in [0.1, 0.15) is 20.3 Å². The molecule has 2 aliphatic rings. The van der Waals surface area contributed by atoms with Crippen LogP contribution in [0.5, 0.6) is 0 Å². The second-order valence-electron chi connectivity index (χ2n) is 5.96. The third-order valence-corrected chi connectivity index (χ3v) is 4.11. The minimum Gasteiger partial charge on any atom is -0.379 e. The molecule has 0 radical (unpaired) electrons. The molecule has 1 N–H and O–H groups in total. The molecule has 2 rings (SSSR count). The van der Waals surface area contributed by atoms with Gasteiger partial charge in [-0.1, -0.05) is 0 Å². The number of nitrogens with zero attached hydrogens (tertiary/aromatic N) is 2. The highest BCUT2D eigenvalue weighted by Gasteiger charge is 2.31. The second kappa shape index (κ2) is 5.65. The largest absolute Gasteiger partial charge is 0.379 e. The van der Waals surface area contributed by atoms with E-state index in [0.29, 0.717) is 0 Å². The fourth-order valence-corrected chi connectivity index (χ4v) is 2.83. The molecule has 0 aromatic carbocycles. The van der Waals surface area contributed by atoms with Crippen molar-refractivity contribution in [1.82, 2.24) is 15.1 Å². The van der Waals surface area contributed by atoms with Crippen molar-refractivity contribution in [2.45, 2.75) is 31.8 Å². The van der Waals surface area contributed by atoms with Crippen LogP contribution in [0.4, 0.5) is 0 Å². The Hall–Kier alpha value is -0.160. The molecule has 4 heteroatoms. The van der Waals surface area contributed by atoms with Crippen LogP contribution in [-0.4, -0.2) is 74.4 Å². The van der Waals surface area contributed by atoms with E-state index >= 15 is 0 Å². The van der Waals surface area contributed by atoms with E-state index in [-0.39, 0.29) is 5.54 Å². The van der Waals surface area contributed by atoms with E-state index in [1.807, 2.05) is 0 Å². The van der Waals surface area contributed by atoms with Gasteiger partial charge in [0, 0.05) is 37.8 Å². The molecule has 2 fully saturated rings. The van der Waals surface area contributed by atoms with Gasteiger partial charge in [0.1, 0.15) is 0 Å². The van der Waals surface area contributed by atoms with Gasteiger partial charge in [-0.05, 0) is 33.9 Å². The van der Waals surface area contributed by atoms with Gasteiger partial charge < -0.3 is 10.1 Å². The Kier molecular flexibility index (Phi) is 4.42. The highest BCUT2D eigenvalue weighted by molar-refractivity contribution is 4.89. The van der Waals surface area contributed by atoms with Crippen molar-refractivity contribution in [3.63, 3.8) is 0 Å². The first-order chi connectivity index (χ1) is 8.11. The smallest absolute Gasteiger partial charge is 0.0594 e. The Morgan fingerprint density at radius 1 is 1.24 bits per heavy atom. The van der Waals surface area contributed by atoms with Crippen LogP contribution in [0.3, 0.4) is 0 Å². The van der Waals surface area contributed by atoms with Crippen LogP contribution in [-0.2, 0) is 4.74 Å². The molecule has 0 bridgehead atoms. The summed E-state index contributed by atoms with van der Waals surface area (Å²) in [6.45, 7) is 12.2. The molecule has 2 heterocycles. The molecular formula is C13H27N3O. The molecule has 0 aliphatic carbocycles. The van der Waals surface area contributed by atoms with Gasteiger partial charge in [-0.15, -0.1) is 0 Å². The van der Waals surface area contributed by atoms with E-state index in [1.165, 1.54) is 19.5 Å². The lowest BCUT2D eigenvalue weighted by Gasteiger charge is -2.33. The summed E-state index contributed by atoms with van der Waals surface area (Å²) in [7, 11) is 2.05. The number of morpholine rings is 1. The quantitative estimate of drug-likeness (QED) is 0.771. The van der Waals surface area contributed by atoms with Crippen LogP contribution in [0.25, 0.3) is 0 Å². The molecule has 0 spiro atoms. The standard InChI is InChI=1S/C13H27N3O/c1-13(2,14-3)11-15-5-4-12(10-15)16-6-8-17-9-7-16/h12,14H,4-11H2,1-3H3. The number of likely N-dealkylation sites (tertiary alicyclic amines) is 1. The monoisotopic (exact) mass is 241 g/mol. The van der Waals surface area contributed by atoms with Crippen LogP contribution in [0.15, 0.2) is 0 Å². The van der Waals surface area contributed by atoms with E-state index in [1.54, 1.807) is 0 Å². The summed E-state index contributed by atoms with van der Waals surface area (Å²) in [5.41, 5.74) is 0.222. The van der Waals surface area contributed by atoms with Gasteiger partial charge >= 0.3 is 0 Å². The van der Waals surface area contributed by atoms with Gasteiger partial charge in [0.2, 0.25) is 0 Å². The normalized spacial score (nSPS) is 28.8. The van der Waals surface area contributed by atoms with Crippen molar-refractivity contribution in [1.29, 1.82) is 0 Å². The molecule has 2 saturated heterocycles. The van der Waals surface area contributed by atoms with Gasteiger partial charge in [0.25, 0.3) is 0 Å². The Bertz CT molecular complexity index is 239. The average Bonchev–Trinajstić information content (AvgIpc) is 2.78. The van der Waals surface area contributed by atoms with Gasteiger partial charge in [-0.25, -0.2) is 0 Å². The maximum Gasteiger partial charge on any atom is 0.0594 e. The molecule has 0 aromatic rings. The SMILES string of the molecule is CNC(C)(C)CN1CCC(N2CCOCC2)C1. The van der Waals surface area contributed by atoms with Crippen LogP contribution in [0, 0.1) is 0 Å². The van der Waals surface area contributed by atoms with Gasteiger partial charge in [0.05, 0.1) is 13.2 Å². The molecule has 2 aliphatic heterocycles. The molecule has 17 heavy (non-hydrogen) atoms. The average molecular weight is 241 g/mol. The summed E-state index contributed by atoms with van der Waals surface area (Å²) in [4.78, 5) is 5.20. The van der Waals surface area contributed by atoms with Crippen LogP contribution >= 0.6 is 0 Å². The first-order valence-electron chi connectivity index (χ1n) is 6.84. The van der Waals surface area contributed by atoms with Crippen LogP contribution in [0.2, 0.25) is 0 Å². The molecule has 100 valence electrons. The Morgan fingerprint density at radius 2 is 1.94 bits per heavy atom. The first kappa shape index (κ1) is 13.3. The van der Waals surface area contributed by atoms with Gasteiger partial charge in [0.15, 0.2) is 0 Å². The maximum absolute atomic E-state index is 5.42. The topological polar surface area (TPSA) is 27.7 Å². The summed E-state index contributed by atoms with van der Waals surface area (Å²) < 4.78 is 5.42. The van der Waals surface area contributed by atoms with E-state index in [9.17, 15) is 0 Å². The highest BCUT2D eigenvalue weighted by Crippen LogP contribution is 2.18. The highest BCUT2D eigenvalue weighted by atomic mass is 16.5. The third kappa shape index (κ3) is 3.65. The van der Waals surface area contributed by atoms with Gasteiger partial charge in [-0.3, -0.25) is 9.80 Å². The second-order valence-corrected chi connectivity index (χ2v) is 5.96. The van der Waals surface area contributed by atoms with E-state index in [2.05, 4.69) is 36.0 Å². The van der Waals surface area contributed by atoms with Crippen molar-refractivity contribution in [3.8, 4) is 0 Å². The third-order valence-electron chi connectivity index (χ3n) is 4.11. The summed E-state index contributed by atoms with van der Waals surface area (Å²) in [6, 6.07) is 0.756. The van der Waals surface area contributed by atoms with Crippen molar-refractivity contribution < 1.29 is 4.74 Å². The molecule has 1 atom stereocenters. The van der Waals surface area contributed by atoms with Crippen molar-refractivity contribution in [2.75, 3.05) is 53.0 Å². The lowest BCUT2D eigenvalue weighted by Crippen LogP contribution is -2.48. The molecule has 0 amide bonds. The van der Waals surface area contributed by atoms with E-state index < -0.39 is 0 Å². The molecule has 0 aromatic heterocycles. The van der Waals surface area contributed by atoms with E-state index in [0.717, 1.165) is 38.9 Å². The fraction of sp³-hybridized carbons (Fsp3) is 1.00. The first-order valence-corrected chi connectivity index (χ1v) is 6.84. The lowest BCUT2D eigenvalue weighted by atomic mass is 10.1. The number of rotatable bonds is 4. The zero-order valence-corrected chi connectivity index (χ0v) is 11.5. The van der Waals surface area contributed by atoms with Gasteiger partial charge in [-0.2, -0.15) is 0 Å². The predicted octanol–water partition coefficient (Wildman–Crippen LogP) is 0.391. The Labute approximate surface area is 105 Å². The number of nitrogens with one attached hydrogen (secondary N) is 1. The van der Waals surface area contributed by atoms with Crippen molar-refractivity contribution in [2.24, 2.45) is 0 Å². The summed E-state index contributed by atoms with van der Waals surface area (Å²) >= 11 is 0. The zero-order valence-electron chi connectivity index (χ0n) is 11.5.